The van der Waals surface area contributed by atoms with Crippen LogP contribution in [0.2, 0.25) is 0 Å². The molecule has 12 nitrogen and oxygen atoms in total. The zero-order chi connectivity index (χ0) is 102. The van der Waals surface area contributed by atoms with E-state index in [2.05, 4.69) is 320 Å². The first kappa shape index (κ1) is 102. The monoisotopic (exact) mass is 1950 g/mol. The van der Waals surface area contributed by atoms with E-state index in [0.717, 1.165) is 73.9 Å². The molecule has 746 valence electrons. The second-order valence-corrected chi connectivity index (χ2v) is 43.5. The summed E-state index contributed by atoms with van der Waals surface area (Å²) < 4.78 is 52.3. The van der Waals surface area contributed by atoms with Crippen molar-refractivity contribution in [2.75, 3.05) is 0 Å². The van der Waals surface area contributed by atoms with Crippen molar-refractivity contribution in [2.45, 2.75) is 229 Å². The van der Waals surface area contributed by atoms with Crippen molar-refractivity contribution in [1.29, 1.82) is 0 Å². The molecule has 0 aliphatic heterocycles. The number of aryl methyl sites for hydroxylation is 12. The van der Waals surface area contributed by atoms with Gasteiger partial charge in [0.1, 0.15) is 34.2 Å². The van der Waals surface area contributed by atoms with Crippen molar-refractivity contribution < 1.29 is 40.6 Å². The molecule has 18 aromatic rings. The third-order valence-corrected chi connectivity index (χ3v) is 32.1. The Bertz CT molecular complexity index is 7620. The van der Waals surface area contributed by atoms with Crippen molar-refractivity contribution in [2.24, 2.45) is 77.3 Å². The first-order chi connectivity index (χ1) is 70.7. The van der Waals surface area contributed by atoms with E-state index in [-0.39, 0.29) is 6.42 Å². The van der Waals surface area contributed by atoms with Gasteiger partial charge in [-0.1, -0.05) is 330 Å². The largest absolute Gasteiger partial charge is 0.394 e. The van der Waals surface area contributed by atoms with Crippen LogP contribution in [0, 0.1) is 76.5 Å². The molecule has 0 bridgehead atoms. The number of hydrogen-bond donors (Lipinski definition) is 0. The molecule has 5 aliphatic carbocycles. The predicted molar refractivity (Wildman–Crippen MR) is 590 cm³/mol. The Kier molecular flexibility index (Phi) is 32.6. The summed E-state index contributed by atoms with van der Waals surface area (Å²) in [5.41, 5.74) is 35.0. The topological polar surface area (TPSA) is 101 Å². The number of nitrogens with zero attached hydrogens (tertiary/aromatic N) is 12. The van der Waals surface area contributed by atoms with Crippen LogP contribution in [-0.4, -0.2) is 36.1 Å². The van der Waals surface area contributed by atoms with E-state index in [4.69, 9.17) is 15.0 Å². The number of rotatable bonds is 18. The number of hydrogen-bond acceptors (Lipinski definition) is 6. The van der Waals surface area contributed by atoms with Crippen molar-refractivity contribution in [3.05, 3.63) is 360 Å². The van der Waals surface area contributed by atoms with Crippen LogP contribution in [0.1, 0.15) is 209 Å². The average molecular weight is 1950 g/mol. The molecule has 6 aromatic heterocycles. The van der Waals surface area contributed by atoms with Crippen molar-refractivity contribution in [3.63, 3.8) is 0 Å². The molecule has 0 unspecified atom stereocenters. The first-order valence-electron chi connectivity index (χ1n) is 53.8. The SMILES string of the molecule is Cc1ccc(CC2CCCC2)cc1-c1c2ccccc2nc[n+]1C.Cc1ccccc1-c1c2c(CC3CCCC3)cccc2nc[n+]1C.Cc1ccccc1-c1c2cc(CC3CCCC3)ccc2nc[n+]1C.Cc1ccccc1-c1c2ccc(CC(C)(C)C(F)(F)F)cc2nc[n+]1C.Cc1ccccc1-c1c2ccc(CC3CCCC3)cc2nc[n+]1C.Cc1ccccc1-c1c2cccc(CC3CCCC3)c2nc[n+]1C. The number of halogens is 3. The molecule has 12 aromatic carbocycles. The van der Waals surface area contributed by atoms with Gasteiger partial charge in [-0.3, -0.25) is 0 Å². The smallest absolute Gasteiger partial charge is 0.232 e. The summed E-state index contributed by atoms with van der Waals surface area (Å²) in [5.74, 6) is 4.30. The summed E-state index contributed by atoms with van der Waals surface area (Å²) in [7, 11) is 12.4. The number of benzene rings is 12. The quantitative estimate of drug-likeness (QED) is 0.0794. The first-order valence-corrected chi connectivity index (χ1v) is 53.8. The fourth-order valence-corrected chi connectivity index (χ4v) is 24.0. The van der Waals surface area contributed by atoms with Crippen LogP contribution in [0.4, 0.5) is 13.2 Å². The third-order valence-electron chi connectivity index (χ3n) is 32.1. The van der Waals surface area contributed by atoms with E-state index in [1.807, 2.05) is 80.5 Å². The van der Waals surface area contributed by atoms with Crippen molar-refractivity contribution >= 4 is 65.4 Å². The minimum Gasteiger partial charge on any atom is -0.232 e. The van der Waals surface area contributed by atoms with Crippen LogP contribution in [-0.2, 0) is 80.8 Å². The highest BCUT2D eigenvalue weighted by atomic mass is 19.4. The Hall–Kier alpha value is -13.5. The lowest BCUT2D eigenvalue weighted by Crippen LogP contribution is -2.34. The van der Waals surface area contributed by atoms with Crippen molar-refractivity contribution in [3.8, 4) is 67.5 Å². The van der Waals surface area contributed by atoms with Crippen LogP contribution in [0.25, 0.3) is 133 Å². The molecule has 0 radical (unpaired) electrons. The van der Waals surface area contributed by atoms with Gasteiger partial charge in [0.15, 0.2) is 33.1 Å². The molecule has 5 saturated carbocycles. The van der Waals surface area contributed by atoms with Gasteiger partial charge >= 0.3 is 6.18 Å². The van der Waals surface area contributed by atoms with E-state index >= 15 is 0 Å². The maximum atomic E-state index is 13.2. The molecule has 15 heteroatoms. The highest BCUT2D eigenvalue weighted by Crippen LogP contribution is 2.44. The van der Waals surface area contributed by atoms with Crippen LogP contribution in [0.15, 0.2) is 293 Å². The van der Waals surface area contributed by atoms with Gasteiger partial charge in [-0.05, 0) is 267 Å². The highest BCUT2D eigenvalue weighted by Gasteiger charge is 2.47. The molecule has 0 amide bonds. The van der Waals surface area contributed by atoms with E-state index in [1.54, 1.807) is 18.5 Å². The maximum absolute atomic E-state index is 13.2. The Balaban J connectivity index is 0.000000115. The molecule has 0 spiro atoms. The summed E-state index contributed by atoms with van der Waals surface area (Å²) in [5, 5.41) is 7.27. The number of fused-ring (bicyclic) bond motifs is 6. The van der Waals surface area contributed by atoms with Crippen LogP contribution < -0.4 is 27.4 Å². The van der Waals surface area contributed by atoms with Gasteiger partial charge in [0.05, 0.1) is 80.0 Å². The molecule has 23 rings (SSSR count). The zero-order valence-corrected chi connectivity index (χ0v) is 88.5. The Morgan fingerprint density at radius 3 is 1.00 bits per heavy atom. The summed E-state index contributed by atoms with van der Waals surface area (Å²) in [4.78, 5) is 27.8. The standard InChI is InChI=1S/5C22H25N2.C21H22F3N2/c1-16-8-3-6-12-19(16)22-21-18(14-17-9-4-5-10-17)11-7-13-20(21)23-15-24(22)2;1-16-8-3-6-12-19(16)22-20-13-7-11-18(14-17-9-4-5-10-17)21(20)23-15-24(22)2;1-16-7-3-6-10-19(16)22-20-14-18(13-17-8-4-5-9-17)11-12-21(20)23-15-24(22)2;1-16-7-3-6-10-19(16)22-20-12-11-18(13-17-8-4-5-9-17)14-21(20)23-15-24(22)2;1-16-11-12-18(13-17-7-3-4-8-17)14-20(16)22-19-9-5-6-10-21(19)23-15-24(22)2;1-14-7-5-6-8-16(14)19-17-10-9-15(11-18(17)25-13-26(19)4)12-20(2,3)21(22,23)24/h2*3,6-8,11-13,15,17H,4-5,9-10,14H2,1-2H3;2*3,6-7,10-12,14-15,17H,4-5,8-9,13H2,1-2H3;5-6,9-12,14-15,17H,3-4,7-8,13H2,1-2H3;5-11,13H,12H2,1-4H3/q6*+1. The van der Waals surface area contributed by atoms with Gasteiger partial charge in [0, 0.05) is 38.9 Å². The van der Waals surface area contributed by atoms with Gasteiger partial charge in [-0.25, -0.2) is 27.4 Å². The lowest BCUT2D eigenvalue weighted by molar-refractivity contribution is -0.662. The lowest BCUT2D eigenvalue weighted by Gasteiger charge is -2.27. The fourth-order valence-electron chi connectivity index (χ4n) is 24.0. The third kappa shape index (κ3) is 23.7. The van der Waals surface area contributed by atoms with Crippen LogP contribution in [0.3, 0.4) is 0 Å². The average Bonchev–Trinajstić information content (AvgIpc) is 0.912. The number of aromatic nitrogens is 12. The predicted octanol–water partition coefficient (Wildman–Crippen LogP) is 29.0. The van der Waals surface area contributed by atoms with Crippen LogP contribution in [0.5, 0.6) is 0 Å². The van der Waals surface area contributed by atoms with Gasteiger partial charge in [-0.15, -0.1) is 0 Å². The van der Waals surface area contributed by atoms with Crippen molar-refractivity contribution in [1.82, 2.24) is 29.9 Å². The molecule has 0 N–H and O–H groups in total. The molecule has 6 heterocycles. The molecule has 0 atom stereocenters. The summed E-state index contributed by atoms with van der Waals surface area (Å²) in [6.45, 7) is 15.5. The van der Waals surface area contributed by atoms with Gasteiger partial charge in [-0.2, -0.15) is 13.2 Å². The molecule has 146 heavy (non-hydrogen) atoms. The minimum absolute atomic E-state index is 0.0746. The molecular formula is C131H147F3N12+6. The van der Waals surface area contributed by atoms with E-state index in [9.17, 15) is 13.2 Å². The zero-order valence-electron chi connectivity index (χ0n) is 88.5. The minimum atomic E-state index is -4.25. The lowest BCUT2D eigenvalue weighted by atomic mass is 9.84. The highest BCUT2D eigenvalue weighted by molar-refractivity contribution is 5.97. The van der Waals surface area contributed by atoms with Crippen LogP contribution >= 0.6 is 0 Å². The summed E-state index contributed by atoms with van der Waals surface area (Å²) in [6, 6.07) is 90.5. The normalized spacial score (nSPS) is 14.8. The summed E-state index contributed by atoms with van der Waals surface area (Å²) >= 11 is 0. The van der Waals surface area contributed by atoms with Gasteiger partial charge in [0.25, 0.3) is 38.0 Å². The Labute approximate surface area is 863 Å². The molecule has 0 saturated heterocycles. The molecule has 5 fully saturated rings. The Morgan fingerprint density at radius 1 is 0.247 bits per heavy atom. The van der Waals surface area contributed by atoms with E-state index in [1.165, 1.54) is 319 Å². The Morgan fingerprint density at radius 2 is 0.541 bits per heavy atom. The van der Waals surface area contributed by atoms with E-state index < -0.39 is 11.6 Å². The molecule has 5 aliphatic rings. The molecular weight excluding hydrogens is 1800 g/mol. The maximum Gasteiger partial charge on any atom is 0.394 e. The van der Waals surface area contributed by atoms with Gasteiger partial charge in [0.2, 0.25) is 0 Å². The van der Waals surface area contributed by atoms with E-state index in [0.29, 0.717) is 11.1 Å². The summed E-state index contributed by atoms with van der Waals surface area (Å²) in [6.07, 6.45) is 41.0. The van der Waals surface area contributed by atoms with Gasteiger partial charge < -0.3 is 0 Å². The second-order valence-electron chi connectivity index (χ2n) is 43.5. The number of alkyl halides is 3. The second kappa shape index (κ2) is 46.5. The number of para-hydroxylation sites is 2. The fraction of sp³-hybridized carbons (Fsp3) is 0.359.